The highest BCUT2D eigenvalue weighted by molar-refractivity contribution is 9.10. The van der Waals surface area contributed by atoms with Gasteiger partial charge in [-0.3, -0.25) is 0 Å². The third-order valence-electron chi connectivity index (χ3n) is 1.95. The number of likely N-dealkylation sites (N-methyl/N-ethyl adjacent to an activating group) is 1. The fraction of sp³-hybridized carbons (Fsp3) is 0.300. The molecule has 1 aromatic rings. The summed E-state index contributed by atoms with van der Waals surface area (Å²) in [6.07, 6.45) is 1.44. The van der Waals surface area contributed by atoms with Gasteiger partial charge in [0.05, 0.1) is 0 Å². The van der Waals surface area contributed by atoms with Crippen molar-refractivity contribution in [2.75, 3.05) is 13.6 Å². The zero-order chi connectivity index (χ0) is 13.2. The molecule has 0 amide bonds. The van der Waals surface area contributed by atoms with E-state index in [-0.39, 0.29) is 16.6 Å². The third-order valence-corrected chi connectivity index (χ3v) is 4.62. The van der Waals surface area contributed by atoms with E-state index < -0.39 is 10.0 Å². The van der Waals surface area contributed by atoms with Gasteiger partial charge < -0.3 is 0 Å². The van der Waals surface area contributed by atoms with Crippen molar-refractivity contribution >= 4 is 37.6 Å². The minimum Gasteiger partial charge on any atom is -0.242 e. The van der Waals surface area contributed by atoms with Crippen LogP contribution in [0.25, 0.3) is 0 Å². The van der Waals surface area contributed by atoms with E-state index in [9.17, 15) is 8.42 Å². The maximum Gasteiger partial charge on any atom is 0.246 e. The second kappa shape index (κ2) is 5.48. The molecule has 0 saturated carbocycles. The standard InChI is InChI=1S/C10H12BrClN2O2S/c1-7(2)6-14(3)17(15,16)9-4-8(11)5-13-10(9)12/h4-5H,1,6H2,2-3H3. The topological polar surface area (TPSA) is 50.3 Å². The molecule has 0 atom stereocenters. The van der Waals surface area contributed by atoms with Crippen LogP contribution in [0.2, 0.25) is 5.15 Å². The van der Waals surface area contributed by atoms with Gasteiger partial charge in [-0.2, -0.15) is 4.31 Å². The van der Waals surface area contributed by atoms with Crippen molar-refractivity contribution in [3.8, 4) is 0 Å². The molecule has 0 N–H and O–H groups in total. The lowest BCUT2D eigenvalue weighted by Gasteiger charge is -2.17. The highest BCUT2D eigenvalue weighted by Gasteiger charge is 2.24. The molecule has 1 aromatic heterocycles. The summed E-state index contributed by atoms with van der Waals surface area (Å²) in [7, 11) is -2.17. The van der Waals surface area contributed by atoms with Gasteiger partial charge in [-0.25, -0.2) is 13.4 Å². The molecule has 1 heterocycles. The SMILES string of the molecule is C=C(C)CN(C)S(=O)(=O)c1cc(Br)cnc1Cl. The van der Waals surface area contributed by atoms with Gasteiger partial charge in [0.1, 0.15) is 10.0 Å². The lowest BCUT2D eigenvalue weighted by atomic mass is 10.4. The van der Waals surface area contributed by atoms with E-state index in [1.54, 1.807) is 6.92 Å². The van der Waals surface area contributed by atoms with Gasteiger partial charge in [-0.1, -0.05) is 23.8 Å². The number of nitrogens with zero attached hydrogens (tertiary/aromatic N) is 2. The van der Waals surface area contributed by atoms with Crippen LogP contribution in [0.4, 0.5) is 0 Å². The smallest absolute Gasteiger partial charge is 0.242 e. The van der Waals surface area contributed by atoms with Crippen LogP contribution in [0, 0.1) is 0 Å². The van der Waals surface area contributed by atoms with Crippen LogP contribution >= 0.6 is 27.5 Å². The lowest BCUT2D eigenvalue weighted by molar-refractivity contribution is 0.492. The summed E-state index contributed by atoms with van der Waals surface area (Å²) in [4.78, 5) is 3.78. The van der Waals surface area contributed by atoms with Gasteiger partial charge in [-0.05, 0) is 28.9 Å². The first-order chi connectivity index (χ1) is 7.75. The number of aromatic nitrogens is 1. The van der Waals surface area contributed by atoms with Crippen molar-refractivity contribution in [3.63, 3.8) is 0 Å². The van der Waals surface area contributed by atoms with E-state index in [1.807, 2.05) is 0 Å². The van der Waals surface area contributed by atoms with E-state index >= 15 is 0 Å². The molecule has 7 heteroatoms. The first-order valence-corrected chi connectivity index (χ1v) is 7.28. The summed E-state index contributed by atoms with van der Waals surface area (Å²) >= 11 is 8.97. The summed E-state index contributed by atoms with van der Waals surface area (Å²) < 4.78 is 26.1. The Morgan fingerprint density at radius 1 is 1.65 bits per heavy atom. The first-order valence-electron chi connectivity index (χ1n) is 4.67. The van der Waals surface area contributed by atoms with E-state index in [0.717, 1.165) is 5.57 Å². The molecule has 0 radical (unpaired) electrons. The predicted molar refractivity (Wildman–Crippen MR) is 71.6 cm³/mol. The molecule has 0 unspecified atom stereocenters. The molecule has 0 aliphatic carbocycles. The maximum absolute atomic E-state index is 12.2. The second-order valence-electron chi connectivity index (χ2n) is 3.66. The number of hydrogen-bond acceptors (Lipinski definition) is 3. The first kappa shape index (κ1) is 14.6. The molecule has 0 saturated heterocycles. The Morgan fingerprint density at radius 3 is 2.76 bits per heavy atom. The van der Waals surface area contributed by atoms with E-state index in [2.05, 4.69) is 27.5 Å². The predicted octanol–water partition coefficient (Wildman–Crippen LogP) is 2.69. The van der Waals surface area contributed by atoms with Crippen LogP contribution in [0.1, 0.15) is 6.92 Å². The number of hydrogen-bond donors (Lipinski definition) is 0. The summed E-state index contributed by atoms with van der Waals surface area (Å²) in [5.74, 6) is 0. The normalized spacial score (nSPS) is 11.8. The van der Waals surface area contributed by atoms with Crippen molar-refractivity contribution in [3.05, 3.63) is 34.0 Å². The van der Waals surface area contributed by atoms with Crippen molar-refractivity contribution in [1.29, 1.82) is 0 Å². The van der Waals surface area contributed by atoms with E-state index in [1.165, 1.54) is 23.6 Å². The van der Waals surface area contributed by atoms with Crippen molar-refractivity contribution in [1.82, 2.24) is 9.29 Å². The summed E-state index contributed by atoms with van der Waals surface area (Å²) in [6.45, 7) is 5.68. The molecular formula is C10H12BrClN2O2S. The molecule has 0 aromatic carbocycles. The molecular weight excluding hydrogens is 328 g/mol. The largest absolute Gasteiger partial charge is 0.246 e. The molecule has 1 rings (SSSR count). The maximum atomic E-state index is 12.2. The Kier molecular flexibility index (Phi) is 4.71. The highest BCUT2D eigenvalue weighted by Crippen LogP contribution is 2.25. The van der Waals surface area contributed by atoms with Gasteiger partial charge in [-0.15, -0.1) is 0 Å². The molecule has 94 valence electrons. The molecule has 0 spiro atoms. The third kappa shape index (κ3) is 3.51. The zero-order valence-corrected chi connectivity index (χ0v) is 12.6. The fourth-order valence-electron chi connectivity index (χ4n) is 1.22. The average Bonchev–Trinajstić information content (AvgIpc) is 2.20. The number of pyridine rings is 1. The van der Waals surface area contributed by atoms with E-state index in [4.69, 9.17) is 11.6 Å². The van der Waals surface area contributed by atoms with Gasteiger partial charge in [0.2, 0.25) is 10.0 Å². The van der Waals surface area contributed by atoms with Crippen LogP contribution in [0.5, 0.6) is 0 Å². The molecule has 0 aliphatic rings. The second-order valence-corrected chi connectivity index (χ2v) is 6.95. The van der Waals surface area contributed by atoms with Crippen molar-refractivity contribution in [2.24, 2.45) is 0 Å². The van der Waals surface area contributed by atoms with E-state index in [0.29, 0.717) is 4.47 Å². The fourth-order valence-corrected chi connectivity index (χ4v) is 3.36. The Morgan fingerprint density at radius 2 is 2.24 bits per heavy atom. The van der Waals surface area contributed by atoms with Crippen LogP contribution in [-0.4, -0.2) is 31.3 Å². The highest BCUT2D eigenvalue weighted by atomic mass is 79.9. The van der Waals surface area contributed by atoms with Crippen molar-refractivity contribution < 1.29 is 8.42 Å². The molecule has 0 aliphatic heterocycles. The van der Waals surface area contributed by atoms with Gasteiger partial charge in [0, 0.05) is 24.3 Å². The van der Waals surface area contributed by atoms with Crippen LogP contribution in [-0.2, 0) is 10.0 Å². The van der Waals surface area contributed by atoms with Crippen molar-refractivity contribution in [2.45, 2.75) is 11.8 Å². The quantitative estimate of drug-likeness (QED) is 0.626. The van der Waals surface area contributed by atoms with Crippen LogP contribution in [0.3, 0.4) is 0 Å². The molecule has 4 nitrogen and oxygen atoms in total. The molecule has 17 heavy (non-hydrogen) atoms. The van der Waals surface area contributed by atoms with Gasteiger partial charge >= 0.3 is 0 Å². The van der Waals surface area contributed by atoms with Gasteiger partial charge in [0.15, 0.2) is 0 Å². The Labute approximate surface area is 114 Å². The lowest BCUT2D eigenvalue weighted by Crippen LogP contribution is -2.28. The molecule has 0 bridgehead atoms. The van der Waals surface area contributed by atoms with Gasteiger partial charge in [0.25, 0.3) is 0 Å². The Hall–Kier alpha value is -0.430. The minimum atomic E-state index is -3.64. The summed E-state index contributed by atoms with van der Waals surface area (Å²) in [6, 6.07) is 1.43. The number of rotatable bonds is 4. The van der Waals surface area contributed by atoms with Crippen LogP contribution < -0.4 is 0 Å². The summed E-state index contributed by atoms with van der Waals surface area (Å²) in [5.41, 5.74) is 0.746. The minimum absolute atomic E-state index is 0.0164. The average molecular weight is 340 g/mol. The monoisotopic (exact) mass is 338 g/mol. The summed E-state index contributed by atoms with van der Waals surface area (Å²) in [5, 5.41) is -0.0400. The van der Waals surface area contributed by atoms with Crippen LogP contribution in [0.15, 0.2) is 33.8 Å². The zero-order valence-electron chi connectivity index (χ0n) is 9.44. The molecule has 0 fully saturated rings. The Balaban J connectivity index is 3.21. The number of halogens is 2. The Bertz CT molecular complexity index is 545. The number of sulfonamides is 1.